The van der Waals surface area contributed by atoms with Gasteiger partial charge in [0, 0.05) is 18.1 Å². The molecule has 3 rings (SSSR count). The summed E-state index contributed by atoms with van der Waals surface area (Å²) in [5.41, 5.74) is -1.20. The van der Waals surface area contributed by atoms with Gasteiger partial charge in [0.05, 0.1) is 21.2 Å². The van der Waals surface area contributed by atoms with Crippen LogP contribution in [0, 0.1) is 5.92 Å². The molecule has 7 nitrogen and oxygen atoms in total. The van der Waals surface area contributed by atoms with Crippen LogP contribution < -0.4 is 9.62 Å². The molecule has 0 spiro atoms. The Bertz CT molecular complexity index is 1540. The van der Waals surface area contributed by atoms with Crippen molar-refractivity contribution in [2.24, 2.45) is 5.92 Å². The topological polar surface area (TPSA) is 86.8 Å². The smallest absolute Gasteiger partial charge is 0.354 e. The van der Waals surface area contributed by atoms with Crippen LogP contribution in [-0.2, 0) is 32.3 Å². The fourth-order valence-electron chi connectivity index (χ4n) is 4.27. The molecule has 3 aromatic carbocycles. The monoisotopic (exact) mass is 657 g/mol. The highest BCUT2D eigenvalue weighted by molar-refractivity contribution is 7.92. The third-order valence-corrected chi connectivity index (χ3v) is 8.98. The molecule has 0 bridgehead atoms. The number of hydrogen-bond donors (Lipinski definition) is 1. The Kier molecular flexibility index (Phi) is 11.5. The van der Waals surface area contributed by atoms with Crippen molar-refractivity contribution in [1.82, 2.24) is 10.2 Å². The Hall–Kier alpha value is -3.28. The number of sulfonamides is 1. The zero-order valence-corrected chi connectivity index (χ0v) is 26.1. The van der Waals surface area contributed by atoms with Crippen LogP contribution in [0.25, 0.3) is 0 Å². The van der Waals surface area contributed by atoms with Gasteiger partial charge in [-0.05, 0) is 54.3 Å². The van der Waals surface area contributed by atoms with Gasteiger partial charge in [-0.25, -0.2) is 8.42 Å². The molecule has 0 saturated heterocycles. The van der Waals surface area contributed by atoms with E-state index in [1.807, 2.05) is 13.8 Å². The van der Waals surface area contributed by atoms with Crippen LogP contribution in [0.15, 0.2) is 77.7 Å². The SMILES string of the molecule is CC[C@H](C(=O)NCC(C)C)N(Cc1ccccc1Cl)C(=O)CN(c1cc(C(F)(F)F)ccc1Cl)S(=O)(=O)c1ccccc1. The van der Waals surface area contributed by atoms with Gasteiger partial charge in [0.15, 0.2) is 0 Å². The quantitative estimate of drug-likeness (QED) is 0.232. The summed E-state index contributed by atoms with van der Waals surface area (Å²) < 4.78 is 69.3. The van der Waals surface area contributed by atoms with Crippen LogP contribution in [0.4, 0.5) is 18.9 Å². The summed E-state index contributed by atoms with van der Waals surface area (Å²) in [7, 11) is -4.62. The molecule has 0 unspecified atom stereocenters. The molecular formula is C30H32Cl2F3N3O4S. The molecule has 13 heteroatoms. The third-order valence-electron chi connectivity index (χ3n) is 6.52. The van der Waals surface area contributed by atoms with Crippen LogP contribution in [0.2, 0.25) is 10.0 Å². The maximum Gasteiger partial charge on any atom is 0.416 e. The van der Waals surface area contributed by atoms with Gasteiger partial charge in [0.25, 0.3) is 10.0 Å². The Labute approximate surface area is 259 Å². The Morgan fingerprint density at radius 1 is 0.930 bits per heavy atom. The molecule has 0 fully saturated rings. The standard InChI is InChI=1S/C30H32Cl2F3N3O4S/c1-4-26(29(40)36-17-20(2)3)37(18-21-10-8-9-13-24(21)31)28(39)19-38(43(41,42)23-11-6-5-7-12-23)27-16-22(30(33,34)35)14-15-25(27)32/h5-16,20,26H,4,17-19H2,1-3H3,(H,36,40)/t26-/m1/s1. The van der Waals surface area contributed by atoms with E-state index in [9.17, 15) is 31.2 Å². The lowest BCUT2D eigenvalue weighted by molar-refractivity contribution is -0.140. The van der Waals surface area contributed by atoms with E-state index in [1.165, 1.54) is 29.2 Å². The number of carbonyl (C=O) groups is 2. The van der Waals surface area contributed by atoms with Gasteiger partial charge < -0.3 is 10.2 Å². The Balaban J connectivity index is 2.15. The van der Waals surface area contributed by atoms with Crippen molar-refractivity contribution in [3.8, 4) is 0 Å². The van der Waals surface area contributed by atoms with E-state index < -0.39 is 51.9 Å². The van der Waals surface area contributed by atoms with E-state index in [4.69, 9.17) is 23.2 Å². The van der Waals surface area contributed by atoms with Gasteiger partial charge in [-0.2, -0.15) is 13.2 Å². The number of halogens is 5. The number of hydrogen-bond acceptors (Lipinski definition) is 4. The summed E-state index contributed by atoms with van der Waals surface area (Å²) in [5, 5.41) is 2.79. The molecule has 0 aliphatic carbocycles. The van der Waals surface area contributed by atoms with Gasteiger partial charge >= 0.3 is 6.18 Å². The zero-order chi connectivity index (χ0) is 31.9. The molecule has 2 amide bonds. The second-order valence-corrected chi connectivity index (χ2v) is 12.8. The normalized spacial score (nSPS) is 12.6. The molecule has 43 heavy (non-hydrogen) atoms. The van der Waals surface area contributed by atoms with Gasteiger partial charge in [-0.15, -0.1) is 0 Å². The average Bonchev–Trinajstić information content (AvgIpc) is 2.95. The van der Waals surface area contributed by atoms with E-state index >= 15 is 0 Å². The molecule has 0 aliphatic heterocycles. The fourth-order valence-corrected chi connectivity index (χ4v) is 6.18. The number of carbonyl (C=O) groups excluding carboxylic acids is 2. The van der Waals surface area contributed by atoms with Crippen molar-refractivity contribution < 1.29 is 31.2 Å². The molecule has 0 radical (unpaired) electrons. The first kappa shape index (κ1) is 34.2. The molecule has 3 aromatic rings. The summed E-state index contributed by atoms with van der Waals surface area (Å²) in [6, 6.07) is 14.8. The summed E-state index contributed by atoms with van der Waals surface area (Å²) >= 11 is 12.6. The van der Waals surface area contributed by atoms with Crippen LogP contribution in [0.1, 0.15) is 38.3 Å². The van der Waals surface area contributed by atoms with Gasteiger partial charge in [0.2, 0.25) is 11.8 Å². The van der Waals surface area contributed by atoms with E-state index in [0.29, 0.717) is 27.5 Å². The van der Waals surface area contributed by atoms with Crippen molar-refractivity contribution in [1.29, 1.82) is 0 Å². The number of anilines is 1. The first-order valence-electron chi connectivity index (χ1n) is 13.4. The maximum absolute atomic E-state index is 14.1. The molecule has 232 valence electrons. The van der Waals surface area contributed by atoms with Crippen molar-refractivity contribution in [2.45, 2.75) is 50.9 Å². The average molecular weight is 659 g/mol. The molecule has 0 aromatic heterocycles. The predicted molar refractivity (Wildman–Crippen MR) is 161 cm³/mol. The Morgan fingerprint density at radius 2 is 1.56 bits per heavy atom. The lowest BCUT2D eigenvalue weighted by Crippen LogP contribution is -2.52. The van der Waals surface area contributed by atoms with E-state index in [2.05, 4.69) is 5.32 Å². The predicted octanol–water partition coefficient (Wildman–Crippen LogP) is 6.79. The van der Waals surface area contributed by atoms with Gasteiger partial charge in [-0.1, -0.05) is 80.4 Å². The molecular weight excluding hydrogens is 626 g/mol. The van der Waals surface area contributed by atoms with Crippen LogP contribution in [0.3, 0.4) is 0 Å². The minimum Gasteiger partial charge on any atom is -0.354 e. The lowest BCUT2D eigenvalue weighted by Gasteiger charge is -2.33. The number of rotatable bonds is 12. The highest BCUT2D eigenvalue weighted by atomic mass is 35.5. The fraction of sp³-hybridized carbons (Fsp3) is 0.333. The van der Waals surface area contributed by atoms with Crippen LogP contribution >= 0.6 is 23.2 Å². The number of nitrogens with one attached hydrogen (secondary N) is 1. The van der Waals surface area contributed by atoms with Gasteiger partial charge in [-0.3, -0.25) is 13.9 Å². The van der Waals surface area contributed by atoms with Crippen LogP contribution in [0.5, 0.6) is 0 Å². The number of benzene rings is 3. The minimum absolute atomic E-state index is 0.115. The van der Waals surface area contributed by atoms with Crippen molar-refractivity contribution in [2.75, 3.05) is 17.4 Å². The second kappa shape index (κ2) is 14.5. The molecule has 1 atom stereocenters. The van der Waals surface area contributed by atoms with E-state index in [0.717, 1.165) is 12.1 Å². The molecule has 0 aliphatic rings. The highest BCUT2D eigenvalue weighted by Crippen LogP contribution is 2.37. The van der Waals surface area contributed by atoms with Crippen LogP contribution in [-0.4, -0.2) is 44.3 Å². The first-order valence-corrected chi connectivity index (χ1v) is 15.6. The first-order chi connectivity index (χ1) is 20.2. The third kappa shape index (κ3) is 8.64. The summed E-state index contributed by atoms with van der Waals surface area (Å²) in [4.78, 5) is 28.3. The minimum atomic E-state index is -4.82. The highest BCUT2D eigenvalue weighted by Gasteiger charge is 2.37. The number of amides is 2. The van der Waals surface area contributed by atoms with Gasteiger partial charge in [0.1, 0.15) is 12.6 Å². The van der Waals surface area contributed by atoms with Crippen molar-refractivity contribution >= 4 is 50.7 Å². The summed E-state index contributed by atoms with van der Waals surface area (Å²) in [6.45, 7) is 4.71. The molecule has 1 N–H and O–H groups in total. The lowest BCUT2D eigenvalue weighted by atomic mass is 10.1. The van der Waals surface area contributed by atoms with E-state index in [-0.39, 0.29) is 28.8 Å². The van der Waals surface area contributed by atoms with Crippen molar-refractivity contribution in [3.63, 3.8) is 0 Å². The largest absolute Gasteiger partial charge is 0.416 e. The zero-order valence-electron chi connectivity index (χ0n) is 23.7. The van der Waals surface area contributed by atoms with E-state index in [1.54, 1.807) is 37.3 Å². The number of nitrogens with zero attached hydrogens (tertiary/aromatic N) is 2. The number of alkyl halides is 3. The molecule has 0 saturated carbocycles. The Morgan fingerprint density at radius 3 is 2.14 bits per heavy atom. The summed E-state index contributed by atoms with van der Waals surface area (Å²) in [5.74, 6) is -1.20. The second-order valence-electron chi connectivity index (χ2n) is 10.2. The van der Waals surface area contributed by atoms with Crippen molar-refractivity contribution in [3.05, 3.63) is 94.0 Å². The maximum atomic E-state index is 14.1. The molecule has 0 heterocycles. The summed E-state index contributed by atoms with van der Waals surface area (Å²) in [6.07, 6.45) is -4.65.